The lowest BCUT2D eigenvalue weighted by atomic mass is 9.66. The van der Waals surface area contributed by atoms with Crippen molar-refractivity contribution in [2.24, 2.45) is 0 Å². The molecule has 0 bridgehead atoms. The van der Waals surface area contributed by atoms with Gasteiger partial charge in [-0.1, -0.05) is 200 Å². The van der Waals surface area contributed by atoms with Gasteiger partial charge in [0.15, 0.2) is 5.82 Å². The summed E-state index contributed by atoms with van der Waals surface area (Å²) < 4.78 is 6.92. The van der Waals surface area contributed by atoms with Crippen molar-refractivity contribution in [2.45, 2.75) is 5.41 Å². The van der Waals surface area contributed by atoms with Crippen LogP contribution in [0.3, 0.4) is 0 Å². The van der Waals surface area contributed by atoms with Crippen molar-refractivity contribution in [1.29, 1.82) is 0 Å². The number of ether oxygens (including phenoxy) is 1. The normalized spacial score (nSPS) is 12.8. The Morgan fingerprint density at radius 3 is 1.32 bits per heavy atom. The van der Waals surface area contributed by atoms with E-state index in [0.717, 1.165) is 84.1 Å². The van der Waals surface area contributed by atoms with Crippen LogP contribution in [0.2, 0.25) is 0 Å². The average Bonchev–Trinajstić information content (AvgIpc) is 3.65. The zero-order valence-electron chi connectivity index (χ0n) is 33.7. The maximum absolute atomic E-state index is 6.92. The highest BCUT2D eigenvalue weighted by Gasteiger charge is 2.50. The summed E-state index contributed by atoms with van der Waals surface area (Å²) in [6.45, 7) is 0. The molecule has 0 atom stereocenters. The van der Waals surface area contributed by atoms with Crippen molar-refractivity contribution >= 4 is 0 Å². The van der Waals surface area contributed by atoms with E-state index in [1.54, 1.807) is 0 Å². The van der Waals surface area contributed by atoms with Gasteiger partial charge >= 0.3 is 0 Å². The van der Waals surface area contributed by atoms with E-state index in [9.17, 15) is 0 Å². The van der Waals surface area contributed by atoms with Crippen LogP contribution in [0.15, 0.2) is 231 Å². The first-order chi connectivity index (χ1) is 30.7. The van der Waals surface area contributed by atoms with E-state index in [1.165, 1.54) is 22.3 Å². The highest BCUT2D eigenvalue weighted by Crippen LogP contribution is 2.62. The van der Waals surface area contributed by atoms with Gasteiger partial charge in [0.25, 0.3) is 0 Å². The van der Waals surface area contributed by atoms with E-state index >= 15 is 0 Å². The Morgan fingerprint density at radius 1 is 0.274 bits per heavy atom. The molecule has 1 aliphatic heterocycles. The van der Waals surface area contributed by atoms with Crippen molar-refractivity contribution in [3.63, 3.8) is 0 Å². The highest BCUT2D eigenvalue weighted by molar-refractivity contribution is 5.90. The first-order valence-corrected chi connectivity index (χ1v) is 21.1. The molecule has 9 aromatic carbocycles. The zero-order valence-corrected chi connectivity index (χ0v) is 33.7. The predicted octanol–water partition coefficient (Wildman–Crippen LogP) is 14.9. The number of nitrogens with zero attached hydrogens (tertiary/aromatic N) is 2. The van der Waals surface area contributed by atoms with Crippen LogP contribution >= 0.6 is 0 Å². The van der Waals surface area contributed by atoms with E-state index in [1.807, 2.05) is 0 Å². The van der Waals surface area contributed by atoms with E-state index in [2.05, 4.69) is 231 Å². The van der Waals surface area contributed by atoms with Crippen molar-refractivity contribution in [3.05, 3.63) is 253 Å². The lowest BCUT2D eigenvalue weighted by Crippen LogP contribution is -2.32. The third-order valence-electron chi connectivity index (χ3n) is 12.6. The van der Waals surface area contributed by atoms with Gasteiger partial charge in [0.05, 0.1) is 16.8 Å². The van der Waals surface area contributed by atoms with Crippen molar-refractivity contribution in [1.82, 2.24) is 9.97 Å². The molecule has 0 radical (unpaired) electrons. The van der Waals surface area contributed by atoms with Crippen LogP contribution in [-0.2, 0) is 5.41 Å². The number of hydrogen-bond donors (Lipinski definition) is 0. The van der Waals surface area contributed by atoms with E-state index < -0.39 is 5.41 Å². The summed E-state index contributed by atoms with van der Waals surface area (Å²) in [5.41, 5.74) is 18.2. The second-order valence-electron chi connectivity index (χ2n) is 16.1. The van der Waals surface area contributed by atoms with E-state index in [4.69, 9.17) is 14.7 Å². The number of fused-ring (bicyclic) bond motifs is 9. The van der Waals surface area contributed by atoms with Crippen LogP contribution < -0.4 is 4.74 Å². The van der Waals surface area contributed by atoms with Gasteiger partial charge in [-0.3, -0.25) is 0 Å². The molecule has 1 spiro atoms. The van der Waals surface area contributed by atoms with Gasteiger partial charge in [-0.2, -0.15) is 0 Å². The predicted molar refractivity (Wildman–Crippen MR) is 252 cm³/mol. The van der Waals surface area contributed by atoms with Crippen LogP contribution in [-0.4, -0.2) is 9.97 Å². The largest absolute Gasteiger partial charge is 0.457 e. The second-order valence-corrected chi connectivity index (χ2v) is 16.1. The Bertz CT molecular complexity index is 3190. The molecule has 0 N–H and O–H groups in total. The third-order valence-corrected chi connectivity index (χ3v) is 12.6. The standard InChI is InChI=1S/C59H38N2O/c1-3-17-39(18-4-1)41-21-15-23-44(35-41)54-38-55(45-24-16-22-42(36-45)40-19-5-2-6-20-40)61-58(60-54)49-28-8-7-25-46(49)43-33-34-53-57(37-43)62-56-32-14-13-31-52(56)59(53)50-29-11-9-26-47(50)48-27-10-12-30-51(48)59/h1-38H. The van der Waals surface area contributed by atoms with Crippen molar-refractivity contribution < 1.29 is 4.74 Å². The molecule has 1 aromatic heterocycles. The molecule has 62 heavy (non-hydrogen) atoms. The van der Waals surface area contributed by atoms with E-state index in [-0.39, 0.29) is 0 Å². The second kappa shape index (κ2) is 14.5. The summed E-state index contributed by atoms with van der Waals surface area (Å²) in [5.74, 6) is 2.36. The fraction of sp³-hybridized carbons (Fsp3) is 0.0169. The average molecular weight is 791 g/mol. The van der Waals surface area contributed by atoms with Gasteiger partial charge < -0.3 is 4.74 Å². The Balaban J connectivity index is 1.03. The van der Waals surface area contributed by atoms with Crippen molar-refractivity contribution in [3.8, 4) is 89.9 Å². The number of para-hydroxylation sites is 1. The monoisotopic (exact) mass is 790 g/mol. The molecular formula is C59H38N2O. The smallest absolute Gasteiger partial charge is 0.161 e. The summed E-state index contributed by atoms with van der Waals surface area (Å²) in [6.07, 6.45) is 0. The number of rotatable bonds is 6. The quantitative estimate of drug-likeness (QED) is 0.168. The topological polar surface area (TPSA) is 35.0 Å². The minimum atomic E-state index is -0.523. The van der Waals surface area contributed by atoms with Gasteiger partial charge in [-0.05, 0) is 86.0 Å². The number of hydrogen-bond acceptors (Lipinski definition) is 3. The lowest BCUT2D eigenvalue weighted by molar-refractivity contribution is 0.436. The van der Waals surface area contributed by atoms with Gasteiger partial charge in [0.2, 0.25) is 0 Å². The first-order valence-electron chi connectivity index (χ1n) is 21.1. The lowest BCUT2D eigenvalue weighted by Gasteiger charge is -2.39. The van der Waals surface area contributed by atoms with Crippen LogP contribution in [0.25, 0.3) is 78.4 Å². The number of benzene rings is 9. The Morgan fingerprint density at radius 2 is 0.726 bits per heavy atom. The summed E-state index contributed by atoms with van der Waals surface area (Å²) in [5, 5.41) is 0. The van der Waals surface area contributed by atoms with E-state index in [0.29, 0.717) is 5.82 Å². The molecule has 0 amide bonds. The molecule has 3 heteroatoms. The molecule has 1 aliphatic carbocycles. The molecular weight excluding hydrogens is 753 g/mol. The molecule has 10 aromatic rings. The number of aromatic nitrogens is 2. The molecule has 0 saturated heterocycles. The Labute approximate surface area is 361 Å². The molecule has 0 fully saturated rings. The minimum absolute atomic E-state index is 0.523. The van der Waals surface area contributed by atoms with Crippen LogP contribution in [0.5, 0.6) is 11.5 Å². The summed E-state index contributed by atoms with van der Waals surface area (Å²) in [7, 11) is 0. The fourth-order valence-electron chi connectivity index (χ4n) is 9.80. The van der Waals surface area contributed by atoms with Crippen LogP contribution in [0.1, 0.15) is 22.3 Å². The first kappa shape index (κ1) is 35.8. The maximum Gasteiger partial charge on any atom is 0.161 e. The van der Waals surface area contributed by atoms with Gasteiger partial charge in [-0.15, -0.1) is 0 Å². The summed E-state index contributed by atoms with van der Waals surface area (Å²) in [6, 6.07) is 81.8. The molecule has 2 aliphatic rings. The zero-order chi connectivity index (χ0) is 41.0. The Hall–Kier alpha value is -8.14. The Kier molecular flexibility index (Phi) is 8.39. The van der Waals surface area contributed by atoms with Gasteiger partial charge in [0.1, 0.15) is 11.5 Å². The van der Waals surface area contributed by atoms with Gasteiger partial charge in [-0.25, -0.2) is 9.97 Å². The minimum Gasteiger partial charge on any atom is -0.457 e. The molecule has 2 heterocycles. The molecule has 12 rings (SSSR count). The fourth-order valence-corrected chi connectivity index (χ4v) is 9.80. The molecule has 0 saturated carbocycles. The third kappa shape index (κ3) is 5.74. The molecule has 3 nitrogen and oxygen atoms in total. The molecule has 0 unspecified atom stereocenters. The van der Waals surface area contributed by atoms with Crippen LogP contribution in [0.4, 0.5) is 0 Å². The van der Waals surface area contributed by atoms with Crippen LogP contribution in [0, 0.1) is 0 Å². The maximum atomic E-state index is 6.92. The summed E-state index contributed by atoms with van der Waals surface area (Å²) in [4.78, 5) is 10.8. The van der Waals surface area contributed by atoms with Gasteiger partial charge in [0, 0.05) is 27.8 Å². The SMILES string of the molecule is c1ccc(-c2cccc(-c3cc(-c4cccc(-c5ccccc5)c4)nc(-c4ccccc4-c4ccc5c(c4)Oc4ccccc4C54c5ccccc5-c5ccccc54)n3)c2)cc1. The highest BCUT2D eigenvalue weighted by atomic mass is 16.5. The van der Waals surface area contributed by atoms with Crippen molar-refractivity contribution in [2.75, 3.05) is 0 Å². The summed E-state index contributed by atoms with van der Waals surface area (Å²) >= 11 is 0. The molecule has 290 valence electrons.